The summed E-state index contributed by atoms with van der Waals surface area (Å²) in [6.45, 7) is 4.33. The van der Waals surface area contributed by atoms with Crippen molar-refractivity contribution in [3.8, 4) is 11.1 Å². The molecule has 8 rings (SSSR count). The molecule has 3 heteroatoms. The Morgan fingerprint density at radius 1 is 0.543 bits per heavy atom. The molecule has 1 heterocycles. The monoisotopic (exact) mass is 455 g/mol. The molecule has 1 aliphatic heterocycles. The molecule has 35 heavy (non-hydrogen) atoms. The molecule has 2 bridgehead atoms. The van der Waals surface area contributed by atoms with Gasteiger partial charge in [0.2, 0.25) is 11.8 Å². The van der Waals surface area contributed by atoms with Crippen molar-refractivity contribution in [2.75, 3.05) is 4.90 Å². The highest BCUT2D eigenvalue weighted by atomic mass is 16.2. The molecular weight excluding hydrogens is 430 g/mol. The second-order valence-electron chi connectivity index (χ2n) is 10.3. The fourth-order valence-corrected chi connectivity index (χ4v) is 7.34. The molecule has 0 spiro atoms. The molecule has 3 aliphatic carbocycles. The number of hydrogen-bond donors (Lipinski definition) is 0. The minimum atomic E-state index is -0.571. The van der Waals surface area contributed by atoms with Crippen LogP contribution in [0.15, 0.2) is 103 Å². The smallest absolute Gasteiger partial charge is 0.238 e. The number of carbonyl (C=O) groups excluding carboxylic acids is 2. The van der Waals surface area contributed by atoms with Gasteiger partial charge in [0.15, 0.2) is 0 Å². The average molecular weight is 456 g/mol. The summed E-state index contributed by atoms with van der Waals surface area (Å²) in [7, 11) is 0. The van der Waals surface area contributed by atoms with Crippen molar-refractivity contribution >= 4 is 17.5 Å². The van der Waals surface area contributed by atoms with Gasteiger partial charge in [-0.05, 0) is 33.9 Å². The van der Waals surface area contributed by atoms with E-state index in [-0.39, 0.29) is 11.8 Å². The first-order chi connectivity index (χ1) is 17.0. The van der Waals surface area contributed by atoms with Crippen LogP contribution in [-0.4, -0.2) is 11.8 Å². The molecule has 2 atom stereocenters. The van der Waals surface area contributed by atoms with Gasteiger partial charge in [0, 0.05) is 16.4 Å². The molecule has 0 radical (unpaired) electrons. The number of para-hydroxylation sites is 1. The number of imide groups is 1. The number of nitrogens with zero attached hydrogens (tertiary/aromatic N) is 1. The summed E-state index contributed by atoms with van der Waals surface area (Å²) in [5.41, 5.74) is 6.09. The molecule has 0 unspecified atom stereocenters. The van der Waals surface area contributed by atoms with Gasteiger partial charge in [0.25, 0.3) is 0 Å². The van der Waals surface area contributed by atoms with Crippen LogP contribution < -0.4 is 4.90 Å². The highest BCUT2D eigenvalue weighted by molar-refractivity contribution is 6.25. The van der Waals surface area contributed by atoms with E-state index in [9.17, 15) is 9.59 Å². The molecule has 0 saturated carbocycles. The Hall–Kier alpha value is -3.98. The number of carbonyl (C=O) groups is 2. The summed E-state index contributed by atoms with van der Waals surface area (Å²) in [5.74, 6) is -1.09. The van der Waals surface area contributed by atoms with Crippen LogP contribution in [0.1, 0.15) is 36.1 Å². The fourth-order valence-electron chi connectivity index (χ4n) is 7.34. The Labute approximate surface area is 205 Å². The van der Waals surface area contributed by atoms with Crippen LogP contribution in [-0.2, 0) is 20.4 Å². The quantitative estimate of drug-likeness (QED) is 0.343. The van der Waals surface area contributed by atoms with E-state index >= 15 is 0 Å². The van der Waals surface area contributed by atoms with E-state index in [0.717, 1.165) is 11.1 Å². The Bertz CT molecular complexity index is 1410. The molecule has 4 aliphatic rings. The molecule has 3 nitrogen and oxygen atoms in total. The predicted molar refractivity (Wildman–Crippen MR) is 137 cm³/mol. The number of anilines is 1. The van der Waals surface area contributed by atoms with Crippen molar-refractivity contribution in [2.24, 2.45) is 11.8 Å². The number of amides is 2. The van der Waals surface area contributed by atoms with Crippen molar-refractivity contribution in [1.82, 2.24) is 0 Å². The lowest BCUT2D eigenvalue weighted by Crippen LogP contribution is -2.59. The van der Waals surface area contributed by atoms with Gasteiger partial charge in [0.05, 0.1) is 17.5 Å². The van der Waals surface area contributed by atoms with E-state index in [0.29, 0.717) is 5.69 Å². The summed E-state index contributed by atoms with van der Waals surface area (Å²) in [5, 5.41) is 0. The lowest BCUT2D eigenvalue weighted by atomic mass is 9.42. The zero-order valence-corrected chi connectivity index (χ0v) is 19.7. The summed E-state index contributed by atoms with van der Waals surface area (Å²) < 4.78 is 0. The van der Waals surface area contributed by atoms with Crippen molar-refractivity contribution in [3.63, 3.8) is 0 Å². The Balaban J connectivity index is 1.49. The molecule has 4 aromatic rings. The van der Waals surface area contributed by atoms with E-state index in [1.54, 1.807) is 0 Å². The maximum atomic E-state index is 14.4. The molecule has 0 aromatic heterocycles. The summed E-state index contributed by atoms with van der Waals surface area (Å²) >= 11 is 0. The van der Waals surface area contributed by atoms with Crippen LogP contribution >= 0.6 is 0 Å². The van der Waals surface area contributed by atoms with Crippen LogP contribution in [0, 0.1) is 11.8 Å². The third-order valence-corrected chi connectivity index (χ3v) is 8.87. The van der Waals surface area contributed by atoms with Gasteiger partial charge in [-0.1, -0.05) is 111 Å². The maximum Gasteiger partial charge on any atom is 0.238 e. The summed E-state index contributed by atoms with van der Waals surface area (Å²) in [6, 6.07) is 34.6. The molecule has 2 amide bonds. The highest BCUT2D eigenvalue weighted by Gasteiger charge is 2.70. The van der Waals surface area contributed by atoms with Crippen molar-refractivity contribution < 1.29 is 9.59 Å². The lowest BCUT2D eigenvalue weighted by Gasteiger charge is -2.57. The van der Waals surface area contributed by atoms with Gasteiger partial charge in [-0.15, -0.1) is 0 Å². The predicted octanol–water partition coefficient (Wildman–Crippen LogP) is 6.10. The van der Waals surface area contributed by atoms with Crippen LogP contribution in [0.2, 0.25) is 0 Å². The zero-order chi connectivity index (χ0) is 23.9. The van der Waals surface area contributed by atoms with E-state index in [1.165, 1.54) is 27.2 Å². The second-order valence-corrected chi connectivity index (χ2v) is 10.3. The minimum absolute atomic E-state index is 0.0962. The van der Waals surface area contributed by atoms with E-state index in [2.05, 4.69) is 62.4 Å². The first-order valence-corrected chi connectivity index (χ1v) is 12.2. The van der Waals surface area contributed by atoms with Gasteiger partial charge in [-0.25, -0.2) is 4.90 Å². The van der Waals surface area contributed by atoms with Crippen LogP contribution in [0.25, 0.3) is 11.1 Å². The van der Waals surface area contributed by atoms with Gasteiger partial charge >= 0.3 is 0 Å². The topological polar surface area (TPSA) is 37.4 Å². The number of rotatable bonds is 2. The van der Waals surface area contributed by atoms with Gasteiger partial charge in [0.1, 0.15) is 0 Å². The van der Waals surface area contributed by atoms with Crippen molar-refractivity contribution in [1.29, 1.82) is 0 Å². The Morgan fingerprint density at radius 3 is 1.43 bits per heavy atom. The van der Waals surface area contributed by atoms with Gasteiger partial charge in [-0.2, -0.15) is 0 Å². The first-order valence-electron chi connectivity index (χ1n) is 12.2. The molecule has 4 aromatic carbocycles. The van der Waals surface area contributed by atoms with Gasteiger partial charge < -0.3 is 0 Å². The zero-order valence-electron chi connectivity index (χ0n) is 19.7. The SMILES string of the molecule is CC12c3ccccc3C(C)(c3ccccc31)[C@H]1C(=O)N(c3ccccc3-c3ccccc3)C(=O)[C@@H]12. The largest absolute Gasteiger partial charge is 0.274 e. The standard InChI is InChI=1S/C32H25NO2/c1-31-22-15-7-9-17-24(22)32(2,25-18-10-8-16-23(25)31)28-27(31)29(34)33(30(28)35)26-19-11-6-14-21(26)20-12-4-3-5-13-20/h3-19,27-28H,1-2H3/t27-,28-,31?,32?/m1/s1. The van der Waals surface area contributed by atoms with Crippen LogP contribution in [0.3, 0.4) is 0 Å². The second kappa shape index (κ2) is 6.79. The summed E-state index contributed by atoms with van der Waals surface area (Å²) in [6.07, 6.45) is 0. The molecule has 170 valence electrons. The summed E-state index contributed by atoms with van der Waals surface area (Å²) in [4.78, 5) is 30.3. The molecule has 1 saturated heterocycles. The Morgan fingerprint density at radius 2 is 0.943 bits per heavy atom. The lowest BCUT2D eigenvalue weighted by molar-refractivity contribution is -0.124. The van der Waals surface area contributed by atoms with E-state index in [1.807, 2.05) is 54.6 Å². The average Bonchev–Trinajstić information content (AvgIpc) is 3.18. The number of benzene rings is 4. The first kappa shape index (κ1) is 20.4. The van der Waals surface area contributed by atoms with Crippen LogP contribution in [0.5, 0.6) is 0 Å². The van der Waals surface area contributed by atoms with E-state index < -0.39 is 22.7 Å². The molecule has 1 fully saturated rings. The van der Waals surface area contributed by atoms with Crippen LogP contribution in [0.4, 0.5) is 5.69 Å². The molecule has 0 N–H and O–H groups in total. The minimum Gasteiger partial charge on any atom is -0.274 e. The van der Waals surface area contributed by atoms with Gasteiger partial charge in [-0.3, -0.25) is 9.59 Å². The number of hydrogen-bond acceptors (Lipinski definition) is 2. The van der Waals surface area contributed by atoms with E-state index in [4.69, 9.17) is 0 Å². The molecular formula is C32H25NO2. The van der Waals surface area contributed by atoms with Crippen molar-refractivity contribution in [3.05, 3.63) is 125 Å². The third kappa shape index (κ3) is 2.31. The maximum absolute atomic E-state index is 14.4. The van der Waals surface area contributed by atoms with Crippen molar-refractivity contribution in [2.45, 2.75) is 24.7 Å². The highest BCUT2D eigenvalue weighted by Crippen LogP contribution is 2.66. The normalized spacial score (nSPS) is 28.0. The Kier molecular flexibility index (Phi) is 3.96. The fraction of sp³-hybridized carbons (Fsp3) is 0.188. The third-order valence-electron chi connectivity index (χ3n) is 8.87.